The molecule has 8 nitrogen and oxygen atoms in total. The van der Waals surface area contributed by atoms with Crippen LogP contribution in [0.1, 0.15) is 37.0 Å². The first-order valence-corrected chi connectivity index (χ1v) is 14.1. The Hall–Kier alpha value is -2.95. The molecule has 1 aromatic carbocycles. The van der Waals surface area contributed by atoms with Crippen LogP contribution in [0.5, 0.6) is 0 Å². The number of thiazole rings is 1. The molecule has 3 aromatic rings. The first-order valence-electron chi connectivity index (χ1n) is 12.5. The third-order valence-electron chi connectivity index (χ3n) is 6.72. The number of fused-ring (bicyclic) bond motifs is 1. The molecule has 2 aromatic heterocycles. The maximum Gasteiger partial charge on any atom is 0.264 e. The van der Waals surface area contributed by atoms with E-state index in [-0.39, 0.29) is 17.7 Å². The average Bonchev–Trinajstić information content (AvgIpc) is 3.40. The summed E-state index contributed by atoms with van der Waals surface area (Å²) in [4.78, 5) is 37.3. The molecule has 0 unspecified atom stereocenters. The summed E-state index contributed by atoms with van der Waals surface area (Å²) < 4.78 is 2.31. The van der Waals surface area contributed by atoms with Gasteiger partial charge in [0.05, 0.1) is 15.5 Å². The van der Waals surface area contributed by atoms with Gasteiger partial charge in [0.2, 0.25) is 5.91 Å². The molecule has 4 heterocycles. The minimum absolute atomic E-state index is 0.0280. The molecule has 10 heteroatoms. The predicted octanol–water partition coefficient (Wildman–Crippen LogP) is 4.82. The van der Waals surface area contributed by atoms with Gasteiger partial charge in [-0.1, -0.05) is 17.8 Å². The highest BCUT2D eigenvalue weighted by Crippen LogP contribution is 2.33. The van der Waals surface area contributed by atoms with Gasteiger partial charge in [0.15, 0.2) is 10.3 Å². The number of amides is 2. The largest absolute Gasteiger partial charge is 0.346 e. The van der Waals surface area contributed by atoms with E-state index in [0.717, 1.165) is 41.9 Å². The second-order valence-corrected chi connectivity index (χ2v) is 11.6. The van der Waals surface area contributed by atoms with E-state index in [1.807, 2.05) is 6.07 Å². The Balaban J connectivity index is 1.11. The fraction of sp³-hybridized carbons (Fsp3) is 0.385. The Bertz CT molecular complexity index is 1360. The van der Waals surface area contributed by atoms with E-state index in [0.29, 0.717) is 15.2 Å². The number of anilines is 1. The number of piperidine rings is 1. The van der Waals surface area contributed by atoms with Gasteiger partial charge in [-0.05, 0) is 80.9 Å². The lowest BCUT2D eigenvalue weighted by atomic mass is 10.1. The highest BCUT2D eigenvalue weighted by molar-refractivity contribution is 8.18. The number of hydrogen-bond donors (Lipinski definition) is 2. The maximum atomic E-state index is 12.5. The van der Waals surface area contributed by atoms with Crippen LogP contribution in [0.2, 0.25) is 0 Å². The van der Waals surface area contributed by atoms with Crippen molar-refractivity contribution >= 4 is 67.9 Å². The summed E-state index contributed by atoms with van der Waals surface area (Å²) in [5.41, 5.74) is 2.01. The van der Waals surface area contributed by atoms with E-state index in [1.165, 1.54) is 61.0 Å². The smallest absolute Gasteiger partial charge is 0.264 e. The molecule has 2 amide bonds. The molecule has 0 bridgehead atoms. The van der Waals surface area contributed by atoms with Gasteiger partial charge in [-0.25, -0.2) is 9.98 Å². The Morgan fingerprint density at radius 3 is 2.89 bits per heavy atom. The average molecular weight is 521 g/mol. The fourth-order valence-corrected chi connectivity index (χ4v) is 6.25. The van der Waals surface area contributed by atoms with Crippen molar-refractivity contribution in [3.8, 4) is 0 Å². The number of amidine groups is 1. The lowest BCUT2D eigenvalue weighted by molar-refractivity contribution is -0.117. The van der Waals surface area contributed by atoms with Crippen LogP contribution in [-0.4, -0.2) is 51.1 Å². The minimum Gasteiger partial charge on any atom is -0.346 e. The topological polar surface area (TPSA) is 91.6 Å². The second-order valence-electron chi connectivity index (χ2n) is 9.47. The molecular weight excluding hydrogens is 492 g/mol. The molecule has 186 valence electrons. The van der Waals surface area contributed by atoms with E-state index < -0.39 is 0 Å². The van der Waals surface area contributed by atoms with Gasteiger partial charge in [-0.3, -0.25) is 9.59 Å². The quantitative estimate of drug-likeness (QED) is 0.436. The Morgan fingerprint density at radius 1 is 1.19 bits per heavy atom. The molecule has 2 N–H and O–H groups in total. The van der Waals surface area contributed by atoms with Crippen LogP contribution in [0.4, 0.5) is 10.8 Å². The van der Waals surface area contributed by atoms with Crippen LogP contribution < -0.4 is 10.6 Å². The van der Waals surface area contributed by atoms with Crippen LogP contribution >= 0.6 is 23.1 Å². The number of thioether (sulfide) groups is 1. The molecule has 2 aliphatic heterocycles. The van der Waals surface area contributed by atoms with E-state index in [4.69, 9.17) is 0 Å². The maximum absolute atomic E-state index is 12.5. The summed E-state index contributed by atoms with van der Waals surface area (Å²) in [5, 5.41) is 7.96. The van der Waals surface area contributed by atoms with Crippen LogP contribution in [-0.2, 0) is 16.1 Å². The summed E-state index contributed by atoms with van der Waals surface area (Å²) in [6.45, 7) is 4.49. The molecule has 2 saturated heterocycles. The van der Waals surface area contributed by atoms with Crippen molar-refractivity contribution in [2.45, 2.75) is 38.6 Å². The number of hydrogen-bond acceptors (Lipinski definition) is 7. The molecule has 1 aliphatic carbocycles. The molecule has 0 spiro atoms. The van der Waals surface area contributed by atoms with Crippen molar-refractivity contribution in [2.24, 2.45) is 10.9 Å². The Labute approximate surface area is 217 Å². The lowest BCUT2D eigenvalue weighted by Crippen LogP contribution is -2.32. The summed E-state index contributed by atoms with van der Waals surface area (Å²) in [7, 11) is 0. The van der Waals surface area contributed by atoms with Gasteiger partial charge in [0, 0.05) is 42.3 Å². The summed E-state index contributed by atoms with van der Waals surface area (Å²) in [6.07, 6.45) is 11.5. The highest BCUT2D eigenvalue weighted by Gasteiger charge is 2.30. The number of benzene rings is 1. The van der Waals surface area contributed by atoms with Crippen LogP contribution in [0.15, 0.2) is 46.6 Å². The van der Waals surface area contributed by atoms with Crippen LogP contribution in [0.3, 0.4) is 0 Å². The Morgan fingerprint density at radius 2 is 2.06 bits per heavy atom. The number of carbonyl (C=O) groups excluding carboxylic acids is 2. The van der Waals surface area contributed by atoms with E-state index in [2.05, 4.69) is 54.5 Å². The Kier molecular flexibility index (Phi) is 6.64. The van der Waals surface area contributed by atoms with Gasteiger partial charge in [0.25, 0.3) is 5.91 Å². The first kappa shape index (κ1) is 23.4. The molecule has 36 heavy (non-hydrogen) atoms. The molecule has 3 aliphatic rings. The summed E-state index contributed by atoms with van der Waals surface area (Å²) in [6, 6.07) is 8.30. The van der Waals surface area contributed by atoms with E-state index in [9.17, 15) is 9.59 Å². The van der Waals surface area contributed by atoms with Crippen molar-refractivity contribution in [3.63, 3.8) is 0 Å². The van der Waals surface area contributed by atoms with Crippen molar-refractivity contribution in [1.82, 2.24) is 19.8 Å². The third-order valence-corrected chi connectivity index (χ3v) is 8.49. The number of nitrogens with one attached hydrogen (secondary N) is 2. The van der Waals surface area contributed by atoms with Gasteiger partial charge in [0.1, 0.15) is 0 Å². The lowest BCUT2D eigenvalue weighted by Gasteiger charge is -2.26. The SMILES string of the molecule is O=C1NC(=Nc2ccc3c(ccn3CCN3CCCCC3)c2)S/C1=C\c1cnc(NC(=O)C2CC2)s1. The molecule has 1 saturated carbocycles. The van der Waals surface area contributed by atoms with Crippen LogP contribution in [0.25, 0.3) is 17.0 Å². The van der Waals surface area contributed by atoms with E-state index in [1.54, 1.807) is 12.3 Å². The van der Waals surface area contributed by atoms with Crippen LogP contribution in [0, 0.1) is 5.92 Å². The van der Waals surface area contributed by atoms with Crippen molar-refractivity contribution in [2.75, 3.05) is 25.0 Å². The zero-order chi connectivity index (χ0) is 24.5. The zero-order valence-electron chi connectivity index (χ0n) is 19.9. The summed E-state index contributed by atoms with van der Waals surface area (Å²) in [5.74, 6) is -0.0242. The molecule has 0 atom stereocenters. The van der Waals surface area contributed by atoms with Gasteiger partial charge >= 0.3 is 0 Å². The van der Waals surface area contributed by atoms with Gasteiger partial charge < -0.3 is 20.1 Å². The van der Waals surface area contributed by atoms with Gasteiger partial charge in [-0.15, -0.1) is 0 Å². The number of rotatable bonds is 7. The predicted molar refractivity (Wildman–Crippen MR) is 147 cm³/mol. The van der Waals surface area contributed by atoms with Crippen molar-refractivity contribution in [1.29, 1.82) is 0 Å². The summed E-state index contributed by atoms with van der Waals surface area (Å²) >= 11 is 2.67. The molecular formula is C26H28N6O2S2. The molecule has 0 radical (unpaired) electrons. The monoisotopic (exact) mass is 520 g/mol. The second kappa shape index (κ2) is 10.2. The van der Waals surface area contributed by atoms with Crippen molar-refractivity contribution in [3.05, 3.63) is 46.4 Å². The van der Waals surface area contributed by atoms with Gasteiger partial charge in [-0.2, -0.15) is 0 Å². The third kappa shape index (κ3) is 5.40. The highest BCUT2D eigenvalue weighted by atomic mass is 32.2. The zero-order valence-corrected chi connectivity index (χ0v) is 21.5. The number of aliphatic imine (C=N–C) groups is 1. The number of aromatic nitrogens is 2. The van der Waals surface area contributed by atoms with E-state index >= 15 is 0 Å². The first-order chi connectivity index (χ1) is 17.6. The standard InChI is InChI=1S/C26H28N6O2S2/c33-23(17-4-5-17)29-25-27-16-20(35-25)15-22-24(34)30-26(36-22)28-19-6-7-21-18(14-19)8-11-32(21)13-12-31-9-2-1-3-10-31/h6-8,11,14-17H,1-5,9-10,12-13H2,(H,27,29,33)(H,28,30,34)/b22-15-. The number of likely N-dealkylation sites (tertiary alicyclic amines) is 1. The normalized spacial score (nSPS) is 20.9. The van der Waals surface area contributed by atoms with Crippen molar-refractivity contribution < 1.29 is 9.59 Å². The molecule has 6 rings (SSSR count). The molecule has 3 fully saturated rings. The fourth-order valence-electron chi connectivity index (χ4n) is 4.58. The number of nitrogens with zero attached hydrogens (tertiary/aromatic N) is 4. The number of carbonyl (C=O) groups is 2. The minimum atomic E-state index is -0.180.